The minimum atomic E-state index is -0.274. The number of alkyl halides is 1. The molecular weight excluding hydrogens is 389 g/mol. The molecule has 2 aromatic rings. The second-order valence-corrected chi connectivity index (χ2v) is 6.42. The molecule has 1 unspecified atom stereocenters. The Morgan fingerprint density at radius 3 is 2.85 bits per heavy atom. The Balaban J connectivity index is 1.99. The normalized spacial score (nSPS) is 14.8. The summed E-state index contributed by atoms with van der Waals surface area (Å²) in [5.41, 5.74) is 3.29. The summed E-state index contributed by atoms with van der Waals surface area (Å²) >= 11 is 6.73. The lowest BCUT2D eigenvalue weighted by Crippen LogP contribution is -2.03. The van der Waals surface area contributed by atoms with Gasteiger partial charge in [-0.1, -0.05) is 40.2 Å². The van der Waals surface area contributed by atoms with Crippen molar-refractivity contribution >= 4 is 43.5 Å². The molecule has 1 aliphatic heterocycles. The molecule has 102 valence electrons. The Labute approximate surface area is 132 Å². The van der Waals surface area contributed by atoms with Crippen LogP contribution in [0.25, 0.3) is 0 Å². The first-order valence-electron chi connectivity index (χ1n) is 6.07. The molecule has 1 aliphatic rings. The molecule has 5 heteroatoms. The summed E-state index contributed by atoms with van der Waals surface area (Å²) in [5, 5.41) is 2.79. The Bertz CT molecular complexity index is 702. The van der Waals surface area contributed by atoms with E-state index in [0.29, 0.717) is 16.5 Å². The SMILES string of the molecule is O=C1Cc2cc(C(Br)c3cccc(Br)c3F)ccc2N1. The molecule has 0 bridgehead atoms. The van der Waals surface area contributed by atoms with Crippen molar-refractivity contribution in [1.82, 2.24) is 0 Å². The van der Waals surface area contributed by atoms with E-state index in [4.69, 9.17) is 0 Å². The minimum absolute atomic E-state index is 0.00286. The van der Waals surface area contributed by atoms with Crippen LogP contribution in [0, 0.1) is 5.82 Å². The van der Waals surface area contributed by atoms with Gasteiger partial charge in [-0.05, 0) is 39.2 Å². The highest BCUT2D eigenvalue weighted by Gasteiger charge is 2.21. The van der Waals surface area contributed by atoms with Crippen molar-refractivity contribution in [1.29, 1.82) is 0 Å². The second-order valence-electron chi connectivity index (χ2n) is 4.65. The van der Waals surface area contributed by atoms with Gasteiger partial charge in [0, 0.05) is 11.3 Å². The molecule has 0 spiro atoms. The first kappa shape index (κ1) is 13.8. The summed E-state index contributed by atoms with van der Waals surface area (Å²) in [4.78, 5) is 11.1. The maximum Gasteiger partial charge on any atom is 0.228 e. The quantitative estimate of drug-likeness (QED) is 0.737. The number of amides is 1. The van der Waals surface area contributed by atoms with Crippen LogP contribution in [0.15, 0.2) is 40.9 Å². The van der Waals surface area contributed by atoms with E-state index >= 15 is 0 Å². The van der Waals surface area contributed by atoms with Gasteiger partial charge < -0.3 is 5.32 Å². The number of nitrogens with one attached hydrogen (secondary N) is 1. The molecule has 0 saturated carbocycles. The number of halogens is 3. The molecule has 1 heterocycles. The molecule has 0 saturated heterocycles. The lowest BCUT2D eigenvalue weighted by Gasteiger charge is -2.13. The smallest absolute Gasteiger partial charge is 0.228 e. The summed E-state index contributed by atoms with van der Waals surface area (Å²) in [6.07, 6.45) is 0.379. The van der Waals surface area contributed by atoms with Crippen LogP contribution in [0.3, 0.4) is 0 Å². The molecule has 20 heavy (non-hydrogen) atoms. The van der Waals surface area contributed by atoms with Gasteiger partial charge in [-0.25, -0.2) is 4.39 Å². The van der Waals surface area contributed by atoms with Gasteiger partial charge in [0.2, 0.25) is 5.91 Å². The zero-order valence-electron chi connectivity index (χ0n) is 10.3. The van der Waals surface area contributed by atoms with Crippen molar-refractivity contribution in [2.45, 2.75) is 11.2 Å². The maximum absolute atomic E-state index is 14.1. The third kappa shape index (κ3) is 2.40. The average molecular weight is 399 g/mol. The van der Waals surface area contributed by atoms with Crippen LogP contribution >= 0.6 is 31.9 Å². The minimum Gasteiger partial charge on any atom is -0.326 e. The van der Waals surface area contributed by atoms with Crippen molar-refractivity contribution < 1.29 is 9.18 Å². The van der Waals surface area contributed by atoms with Crippen molar-refractivity contribution in [3.63, 3.8) is 0 Å². The van der Waals surface area contributed by atoms with E-state index in [1.54, 1.807) is 18.2 Å². The third-order valence-corrected chi connectivity index (χ3v) is 4.94. The monoisotopic (exact) mass is 397 g/mol. The molecule has 2 nitrogen and oxygen atoms in total. The first-order valence-corrected chi connectivity index (χ1v) is 7.78. The Hall–Kier alpha value is -1.20. The van der Waals surface area contributed by atoms with Crippen molar-refractivity contribution in [3.05, 3.63) is 63.4 Å². The number of rotatable bonds is 2. The van der Waals surface area contributed by atoms with Gasteiger partial charge in [0.1, 0.15) is 5.82 Å². The van der Waals surface area contributed by atoms with E-state index in [2.05, 4.69) is 37.2 Å². The van der Waals surface area contributed by atoms with Crippen LogP contribution in [0.1, 0.15) is 21.5 Å². The number of anilines is 1. The highest BCUT2D eigenvalue weighted by Crippen LogP contribution is 2.36. The van der Waals surface area contributed by atoms with E-state index in [1.165, 1.54) is 0 Å². The van der Waals surface area contributed by atoms with Crippen LogP contribution in [0.2, 0.25) is 0 Å². The van der Waals surface area contributed by atoms with Crippen LogP contribution in [0.5, 0.6) is 0 Å². The predicted octanol–water partition coefficient (Wildman–Crippen LogP) is 4.57. The number of carbonyl (C=O) groups excluding carboxylic acids is 1. The number of carbonyl (C=O) groups is 1. The van der Waals surface area contributed by atoms with E-state index < -0.39 is 0 Å². The largest absolute Gasteiger partial charge is 0.326 e. The number of hydrogen-bond donors (Lipinski definition) is 1. The maximum atomic E-state index is 14.1. The van der Waals surface area contributed by atoms with Crippen molar-refractivity contribution in [2.75, 3.05) is 5.32 Å². The lowest BCUT2D eigenvalue weighted by molar-refractivity contribution is -0.115. The fourth-order valence-corrected chi connectivity index (χ4v) is 3.32. The molecule has 1 amide bonds. The fourth-order valence-electron chi connectivity index (χ4n) is 2.30. The fraction of sp³-hybridized carbons (Fsp3) is 0.133. The van der Waals surface area contributed by atoms with E-state index in [-0.39, 0.29) is 16.6 Å². The number of fused-ring (bicyclic) bond motifs is 1. The zero-order chi connectivity index (χ0) is 14.3. The summed E-state index contributed by atoms with van der Waals surface area (Å²) in [6.45, 7) is 0. The molecule has 2 aromatic carbocycles. The molecule has 0 radical (unpaired) electrons. The molecule has 0 aliphatic carbocycles. The second kappa shape index (κ2) is 5.30. The number of benzene rings is 2. The first-order chi connectivity index (χ1) is 9.56. The van der Waals surface area contributed by atoms with Crippen LogP contribution in [-0.2, 0) is 11.2 Å². The topological polar surface area (TPSA) is 29.1 Å². The predicted molar refractivity (Wildman–Crippen MR) is 83.6 cm³/mol. The highest BCUT2D eigenvalue weighted by atomic mass is 79.9. The van der Waals surface area contributed by atoms with E-state index in [1.807, 2.05) is 18.2 Å². The molecule has 0 fully saturated rings. The van der Waals surface area contributed by atoms with Crippen LogP contribution in [0.4, 0.5) is 10.1 Å². The third-order valence-electron chi connectivity index (χ3n) is 3.30. The van der Waals surface area contributed by atoms with Crippen molar-refractivity contribution in [3.8, 4) is 0 Å². The Kier molecular flexibility index (Phi) is 3.65. The Morgan fingerprint density at radius 2 is 2.05 bits per heavy atom. The zero-order valence-corrected chi connectivity index (χ0v) is 13.5. The highest BCUT2D eigenvalue weighted by molar-refractivity contribution is 9.10. The molecule has 1 N–H and O–H groups in total. The van der Waals surface area contributed by atoms with Crippen LogP contribution < -0.4 is 5.32 Å². The van der Waals surface area contributed by atoms with Gasteiger partial charge in [0.05, 0.1) is 15.7 Å². The summed E-state index contributed by atoms with van der Waals surface area (Å²) in [5.74, 6) is -0.277. The van der Waals surface area contributed by atoms with Crippen LogP contribution in [-0.4, -0.2) is 5.91 Å². The van der Waals surface area contributed by atoms with E-state index in [9.17, 15) is 9.18 Å². The van der Waals surface area contributed by atoms with Gasteiger partial charge in [0.25, 0.3) is 0 Å². The summed E-state index contributed by atoms with van der Waals surface area (Å²) in [7, 11) is 0. The average Bonchev–Trinajstić information content (AvgIpc) is 2.80. The molecule has 1 atom stereocenters. The van der Waals surface area contributed by atoms with Crippen molar-refractivity contribution in [2.24, 2.45) is 0 Å². The molecular formula is C15H10Br2FNO. The van der Waals surface area contributed by atoms with Gasteiger partial charge in [0.15, 0.2) is 0 Å². The van der Waals surface area contributed by atoms with Gasteiger partial charge in [-0.15, -0.1) is 0 Å². The van der Waals surface area contributed by atoms with E-state index in [0.717, 1.165) is 16.8 Å². The molecule has 3 rings (SSSR count). The summed E-state index contributed by atoms with van der Waals surface area (Å²) in [6, 6.07) is 10.9. The van der Waals surface area contributed by atoms with Gasteiger partial charge in [-0.3, -0.25) is 4.79 Å². The molecule has 0 aromatic heterocycles. The van der Waals surface area contributed by atoms with Gasteiger partial charge >= 0.3 is 0 Å². The summed E-state index contributed by atoms with van der Waals surface area (Å²) < 4.78 is 14.6. The standard InChI is InChI=1S/C15H10Br2FNO/c16-11-3-1-2-10(15(11)18)14(17)8-4-5-12-9(6-8)7-13(20)19-12/h1-6,14H,7H2,(H,19,20). The number of hydrogen-bond acceptors (Lipinski definition) is 1. The van der Waals surface area contributed by atoms with Gasteiger partial charge in [-0.2, -0.15) is 0 Å². The lowest BCUT2D eigenvalue weighted by atomic mass is 10.0. The Morgan fingerprint density at radius 1 is 1.25 bits per heavy atom.